The van der Waals surface area contributed by atoms with Gasteiger partial charge in [0.15, 0.2) is 0 Å². The van der Waals surface area contributed by atoms with Crippen LogP contribution in [0.4, 0.5) is 0 Å². The van der Waals surface area contributed by atoms with Gasteiger partial charge in [0, 0.05) is 1.37 Å². The standard InChI is InChI=1S/C25H40O/c1-16(2)14-17(3)21-8-9-22-20-7-6-18-15-19(26)10-12-24(18,4)23(20)11-13-25(21,22)5/h6,14,16,19-23,26H,7-13,15H2,1-5H3/t19-,20-,21+,22-,23-,24-,25+/m0/s1/i16D. The van der Waals surface area contributed by atoms with Crippen molar-refractivity contribution in [2.75, 3.05) is 0 Å². The summed E-state index contributed by atoms with van der Waals surface area (Å²) in [5, 5.41) is 10.2. The SMILES string of the molecule is [2H]C(C)(C)C=C(C)[C@H]1CC[C@H]2[C@@H]3CC=C4C[C@@H](O)CC[C@]4(C)[C@H]3CC[C@]12C. The average molecular weight is 358 g/mol. The van der Waals surface area contributed by atoms with Crippen LogP contribution in [0.3, 0.4) is 0 Å². The van der Waals surface area contributed by atoms with Crippen molar-refractivity contribution in [1.82, 2.24) is 0 Å². The fraction of sp³-hybridized carbons (Fsp3) is 0.840. The molecule has 1 N–H and O–H groups in total. The molecule has 0 unspecified atom stereocenters. The van der Waals surface area contributed by atoms with Crippen LogP contribution in [-0.4, -0.2) is 11.2 Å². The Hall–Kier alpha value is -0.560. The van der Waals surface area contributed by atoms with Gasteiger partial charge < -0.3 is 5.11 Å². The lowest BCUT2D eigenvalue weighted by atomic mass is 9.47. The largest absolute Gasteiger partial charge is 0.393 e. The third-order valence-electron chi connectivity index (χ3n) is 9.14. The average Bonchev–Trinajstić information content (AvgIpc) is 2.91. The van der Waals surface area contributed by atoms with E-state index in [9.17, 15) is 5.11 Å². The van der Waals surface area contributed by atoms with E-state index in [2.05, 4.69) is 32.9 Å². The van der Waals surface area contributed by atoms with Crippen molar-refractivity contribution >= 4 is 0 Å². The lowest BCUT2D eigenvalue weighted by molar-refractivity contribution is -0.0454. The van der Waals surface area contributed by atoms with Crippen LogP contribution in [0.1, 0.15) is 87.4 Å². The van der Waals surface area contributed by atoms with Gasteiger partial charge in [0.2, 0.25) is 0 Å². The molecule has 1 heteroatoms. The van der Waals surface area contributed by atoms with Gasteiger partial charge >= 0.3 is 0 Å². The van der Waals surface area contributed by atoms with E-state index < -0.39 is 5.89 Å². The third kappa shape index (κ3) is 2.76. The summed E-state index contributed by atoms with van der Waals surface area (Å²) in [6, 6.07) is 0. The van der Waals surface area contributed by atoms with Gasteiger partial charge in [-0.15, -0.1) is 0 Å². The van der Waals surface area contributed by atoms with E-state index in [1.54, 1.807) is 5.57 Å². The highest BCUT2D eigenvalue weighted by atomic mass is 16.3. The highest BCUT2D eigenvalue weighted by molar-refractivity contribution is 5.26. The van der Waals surface area contributed by atoms with Crippen molar-refractivity contribution in [1.29, 1.82) is 0 Å². The fourth-order valence-electron chi connectivity index (χ4n) is 7.95. The van der Waals surface area contributed by atoms with Crippen molar-refractivity contribution in [2.24, 2.45) is 40.4 Å². The summed E-state index contributed by atoms with van der Waals surface area (Å²) in [7, 11) is 0. The Balaban J connectivity index is 1.62. The molecule has 4 aliphatic carbocycles. The van der Waals surface area contributed by atoms with Crippen LogP contribution < -0.4 is 0 Å². The van der Waals surface area contributed by atoms with Crippen LogP contribution in [0.25, 0.3) is 0 Å². The predicted molar refractivity (Wildman–Crippen MR) is 110 cm³/mol. The zero-order chi connectivity index (χ0) is 19.6. The van der Waals surface area contributed by atoms with Crippen LogP contribution in [0.15, 0.2) is 23.3 Å². The maximum atomic E-state index is 10.2. The number of aliphatic hydroxyl groups excluding tert-OH is 1. The smallest absolute Gasteiger partial charge is 0.0577 e. The van der Waals surface area contributed by atoms with Gasteiger partial charge in [-0.1, -0.05) is 51.0 Å². The van der Waals surface area contributed by atoms with E-state index in [-0.39, 0.29) is 6.10 Å². The lowest BCUT2D eigenvalue weighted by Crippen LogP contribution is -2.50. The molecule has 0 radical (unpaired) electrons. The van der Waals surface area contributed by atoms with Gasteiger partial charge in [0.25, 0.3) is 0 Å². The Morgan fingerprint density at radius 2 is 1.96 bits per heavy atom. The molecule has 3 saturated carbocycles. The van der Waals surface area contributed by atoms with Crippen molar-refractivity contribution < 1.29 is 6.48 Å². The van der Waals surface area contributed by atoms with Gasteiger partial charge in [0.1, 0.15) is 0 Å². The van der Waals surface area contributed by atoms with Crippen LogP contribution in [0.5, 0.6) is 0 Å². The van der Waals surface area contributed by atoms with Crippen LogP contribution >= 0.6 is 0 Å². The third-order valence-corrected chi connectivity index (χ3v) is 9.14. The summed E-state index contributed by atoms with van der Waals surface area (Å²) in [5.74, 6) is 2.68. The van der Waals surface area contributed by atoms with E-state index in [0.29, 0.717) is 16.7 Å². The molecule has 0 aromatic rings. The topological polar surface area (TPSA) is 20.2 Å². The molecule has 26 heavy (non-hydrogen) atoms. The minimum Gasteiger partial charge on any atom is -0.393 e. The second kappa shape index (κ2) is 6.50. The minimum atomic E-state index is -0.464. The molecule has 0 heterocycles. The molecule has 0 bridgehead atoms. The van der Waals surface area contributed by atoms with Crippen LogP contribution in [0.2, 0.25) is 0 Å². The zero-order valence-electron chi connectivity index (χ0n) is 18.6. The highest BCUT2D eigenvalue weighted by Crippen LogP contribution is 2.67. The van der Waals surface area contributed by atoms with E-state index in [1.807, 2.05) is 13.8 Å². The molecule has 3 fully saturated rings. The van der Waals surface area contributed by atoms with E-state index in [0.717, 1.165) is 30.6 Å². The molecule has 0 aliphatic heterocycles. The van der Waals surface area contributed by atoms with Gasteiger partial charge in [0.05, 0.1) is 6.10 Å². The molecular weight excluding hydrogens is 316 g/mol. The van der Waals surface area contributed by atoms with E-state index in [4.69, 9.17) is 1.37 Å². The first kappa shape index (κ1) is 17.5. The number of aliphatic hydroxyl groups is 1. The fourth-order valence-corrected chi connectivity index (χ4v) is 7.95. The van der Waals surface area contributed by atoms with Gasteiger partial charge in [-0.2, -0.15) is 0 Å². The molecule has 0 aromatic carbocycles. The lowest BCUT2D eigenvalue weighted by Gasteiger charge is -2.58. The first-order chi connectivity index (χ1) is 12.5. The first-order valence-corrected chi connectivity index (χ1v) is 11.1. The van der Waals surface area contributed by atoms with Crippen molar-refractivity contribution in [2.45, 2.75) is 92.1 Å². The molecule has 7 atom stereocenters. The second-order valence-electron chi connectivity index (χ2n) is 10.8. The second-order valence-corrected chi connectivity index (χ2v) is 10.8. The molecule has 0 amide bonds. The molecule has 0 aromatic heterocycles. The number of hydrogen-bond acceptors (Lipinski definition) is 1. The Bertz CT molecular complexity index is 656. The predicted octanol–water partition coefficient (Wildman–Crippen LogP) is 6.53. The highest BCUT2D eigenvalue weighted by Gasteiger charge is 2.58. The van der Waals surface area contributed by atoms with Crippen LogP contribution in [0, 0.1) is 40.4 Å². The van der Waals surface area contributed by atoms with Crippen molar-refractivity contribution in [3.8, 4) is 0 Å². The Labute approximate surface area is 162 Å². The van der Waals surface area contributed by atoms with E-state index in [1.165, 1.54) is 44.1 Å². The molecule has 1 nitrogen and oxygen atoms in total. The molecular formula is C25H40O. The summed E-state index contributed by atoms with van der Waals surface area (Å²) in [4.78, 5) is 0. The molecule has 4 aliphatic rings. The maximum absolute atomic E-state index is 10.2. The molecule has 146 valence electrons. The van der Waals surface area contributed by atoms with Gasteiger partial charge in [-0.25, -0.2) is 0 Å². The molecule has 0 saturated heterocycles. The number of allylic oxidation sites excluding steroid dienone is 3. The van der Waals surface area contributed by atoms with Gasteiger partial charge in [-0.05, 0) is 98.7 Å². The van der Waals surface area contributed by atoms with Crippen molar-refractivity contribution in [3.63, 3.8) is 0 Å². The summed E-state index contributed by atoms with van der Waals surface area (Å²) >= 11 is 0. The van der Waals surface area contributed by atoms with Gasteiger partial charge in [-0.3, -0.25) is 0 Å². The number of hydrogen-bond donors (Lipinski definition) is 1. The number of fused-ring (bicyclic) bond motifs is 5. The monoisotopic (exact) mass is 357 g/mol. The Morgan fingerprint density at radius 3 is 2.69 bits per heavy atom. The minimum absolute atomic E-state index is 0.105. The normalized spacial score (nSPS) is 49.6. The summed E-state index contributed by atoms with van der Waals surface area (Å²) < 4.78 is 8.31. The zero-order valence-corrected chi connectivity index (χ0v) is 17.6. The van der Waals surface area contributed by atoms with E-state index >= 15 is 0 Å². The quantitative estimate of drug-likeness (QED) is 0.557. The van der Waals surface area contributed by atoms with Crippen molar-refractivity contribution in [3.05, 3.63) is 23.3 Å². The number of rotatable bonds is 2. The van der Waals surface area contributed by atoms with Crippen LogP contribution in [-0.2, 0) is 0 Å². The summed E-state index contributed by atoms with van der Waals surface area (Å²) in [6.45, 7) is 11.4. The molecule has 4 rings (SSSR count). The molecule has 0 spiro atoms. The first-order valence-electron chi connectivity index (χ1n) is 11.6. The summed E-state index contributed by atoms with van der Waals surface area (Å²) in [6.07, 6.45) is 14.4. The Kier molecular flexibility index (Phi) is 4.39. The Morgan fingerprint density at radius 1 is 1.19 bits per heavy atom. The maximum Gasteiger partial charge on any atom is 0.0577 e. The summed E-state index contributed by atoms with van der Waals surface area (Å²) in [5.41, 5.74) is 3.81.